The maximum atomic E-state index is 12.1. The summed E-state index contributed by atoms with van der Waals surface area (Å²) < 4.78 is 12.1. The zero-order valence-electron chi connectivity index (χ0n) is 4.07. The SMILES string of the molecule is FC1C=C(Cl)C=CN1. The molecule has 0 fully saturated rings. The van der Waals surface area contributed by atoms with E-state index >= 15 is 0 Å². The zero-order chi connectivity index (χ0) is 5.98. The zero-order valence-corrected chi connectivity index (χ0v) is 4.82. The van der Waals surface area contributed by atoms with Crippen molar-refractivity contribution in [3.8, 4) is 0 Å². The van der Waals surface area contributed by atoms with Crippen LogP contribution in [0.4, 0.5) is 4.39 Å². The summed E-state index contributed by atoms with van der Waals surface area (Å²) in [6.07, 6.45) is 3.25. The lowest BCUT2D eigenvalue weighted by molar-refractivity contribution is 0.364. The third-order valence-corrected chi connectivity index (χ3v) is 1.06. The Morgan fingerprint density at radius 3 is 2.88 bits per heavy atom. The van der Waals surface area contributed by atoms with Gasteiger partial charge in [0.15, 0.2) is 6.30 Å². The van der Waals surface area contributed by atoms with Crippen molar-refractivity contribution in [3.05, 3.63) is 23.4 Å². The Bertz CT molecular complexity index is 141. The second-order valence-corrected chi connectivity index (χ2v) is 1.89. The summed E-state index contributed by atoms with van der Waals surface area (Å²) in [5, 5.41) is 2.85. The minimum absolute atomic E-state index is 0.441. The molecule has 0 aromatic carbocycles. The number of halogens is 2. The standard InChI is InChI=1S/C5H5ClFN/c6-4-1-2-8-5(7)3-4/h1-3,5,8H. The molecular weight excluding hydrogens is 129 g/mol. The van der Waals surface area contributed by atoms with Crippen molar-refractivity contribution >= 4 is 11.6 Å². The summed E-state index contributed by atoms with van der Waals surface area (Å²) in [5.74, 6) is 0. The van der Waals surface area contributed by atoms with E-state index in [-0.39, 0.29) is 0 Å². The van der Waals surface area contributed by atoms with Crippen LogP contribution in [0.1, 0.15) is 0 Å². The van der Waals surface area contributed by atoms with Gasteiger partial charge >= 0.3 is 0 Å². The Hall–Kier alpha value is -0.500. The van der Waals surface area contributed by atoms with Gasteiger partial charge in [0.05, 0.1) is 0 Å². The molecule has 0 aromatic heterocycles. The van der Waals surface area contributed by atoms with Crippen molar-refractivity contribution in [1.82, 2.24) is 5.32 Å². The summed E-state index contributed by atoms with van der Waals surface area (Å²) >= 11 is 5.41. The Balaban J connectivity index is 2.63. The molecule has 0 bridgehead atoms. The highest BCUT2D eigenvalue weighted by Gasteiger charge is 2.01. The fourth-order valence-corrected chi connectivity index (χ4v) is 0.637. The fraction of sp³-hybridized carbons (Fsp3) is 0.200. The predicted octanol–water partition coefficient (Wildman–Crippen LogP) is 1.52. The molecule has 8 heavy (non-hydrogen) atoms. The van der Waals surface area contributed by atoms with E-state index in [9.17, 15) is 4.39 Å². The first-order valence-corrected chi connectivity index (χ1v) is 2.61. The molecule has 0 amide bonds. The van der Waals surface area contributed by atoms with Gasteiger partial charge in [0.2, 0.25) is 0 Å². The normalized spacial score (nSPS) is 26.8. The number of allylic oxidation sites excluding steroid dienone is 2. The van der Waals surface area contributed by atoms with Gasteiger partial charge in [0.1, 0.15) is 0 Å². The minimum atomic E-state index is -1.12. The molecule has 0 aromatic rings. The molecule has 0 aliphatic carbocycles. The highest BCUT2D eigenvalue weighted by molar-refractivity contribution is 6.31. The number of rotatable bonds is 0. The van der Waals surface area contributed by atoms with E-state index in [1.165, 1.54) is 12.3 Å². The molecule has 0 saturated carbocycles. The van der Waals surface area contributed by atoms with Crippen molar-refractivity contribution in [3.63, 3.8) is 0 Å². The van der Waals surface area contributed by atoms with Gasteiger partial charge in [-0.05, 0) is 12.2 Å². The first-order valence-electron chi connectivity index (χ1n) is 2.23. The first-order chi connectivity index (χ1) is 3.79. The molecule has 1 rings (SSSR count). The average molecular weight is 134 g/mol. The van der Waals surface area contributed by atoms with E-state index in [4.69, 9.17) is 11.6 Å². The maximum Gasteiger partial charge on any atom is 0.190 e. The van der Waals surface area contributed by atoms with E-state index in [0.717, 1.165) is 0 Å². The van der Waals surface area contributed by atoms with Crippen molar-refractivity contribution in [2.45, 2.75) is 6.30 Å². The van der Waals surface area contributed by atoms with Crippen LogP contribution in [0.2, 0.25) is 0 Å². The summed E-state index contributed by atoms with van der Waals surface area (Å²) in [6, 6.07) is 0. The first kappa shape index (κ1) is 5.63. The molecule has 44 valence electrons. The van der Waals surface area contributed by atoms with Gasteiger partial charge < -0.3 is 5.32 Å². The lowest BCUT2D eigenvalue weighted by atomic mass is 10.4. The molecule has 1 nitrogen and oxygen atoms in total. The fourth-order valence-electron chi connectivity index (χ4n) is 0.463. The molecular formula is C5H5ClFN. The van der Waals surface area contributed by atoms with Crippen LogP contribution in [0, 0.1) is 0 Å². The van der Waals surface area contributed by atoms with E-state index in [1.54, 1.807) is 6.08 Å². The number of nitrogens with one attached hydrogen (secondary N) is 1. The quantitative estimate of drug-likeness (QED) is 0.494. The van der Waals surface area contributed by atoms with E-state index in [1.807, 2.05) is 0 Å². The van der Waals surface area contributed by atoms with Gasteiger partial charge in [-0.2, -0.15) is 0 Å². The number of hydrogen-bond acceptors (Lipinski definition) is 1. The Morgan fingerprint density at radius 1 is 1.75 bits per heavy atom. The van der Waals surface area contributed by atoms with Crippen LogP contribution in [-0.4, -0.2) is 6.30 Å². The summed E-state index contributed by atoms with van der Waals surface area (Å²) in [4.78, 5) is 0. The number of dihydropyridines is 1. The Labute approximate surface area is 51.8 Å². The summed E-state index contributed by atoms with van der Waals surface area (Å²) in [7, 11) is 0. The van der Waals surface area contributed by atoms with Gasteiger partial charge in [0, 0.05) is 11.2 Å². The smallest absolute Gasteiger partial charge is 0.190 e. The summed E-state index contributed by atoms with van der Waals surface area (Å²) in [6.45, 7) is 0. The highest BCUT2D eigenvalue weighted by atomic mass is 35.5. The maximum absolute atomic E-state index is 12.1. The lowest BCUT2D eigenvalue weighted by Crippen LogP contribution is -2.18. The second-order valence-electron chi connectivity index (χ2n) is 1.45. The molecule has 1 atom stereocenters. The monoisotopic (exact) mass is 133 g/mol. The number of alkyl halides is 1. The van der Waals surface area contributed by atoms with Gasteiger partial charge in [-0.15, -0.1) is 0 Å². The van der Waals surface area contributed by atoms with Crippen LogP contribution in [0.15, 0.2) is 23.4 Å². The molecule has 1 aliphatic heterocycles. The molecule has 0 radical (unpaired) electrons. The molecule has 1 unspecified atom stereocenters. The average Bonchev–Trinajstić information content (AvgIpc) is 1.64. The second kappa shape index (κ2) is 2.18. The van der Waals surface area contributed by atoms with Crippen LogP contribution < -0.4 is 5.32 Å². The summed E-state index contributed by atoms with van der Waals surface area (Å²) in [5.41, 5.74) is 0. The molecule has 0 spiro atoms. The van der Waals surface area contributed by atoms with Crippen LogP contribution in [-0.2, 0) is 0 Å². The highest BCUT2D eigenvalue weighted by Crippen LogP contribution is 2.08. The molecule has 3 heteroatoms. The van der Waals surface area contributed by atoms with Crippen molar-refractivity contribution in [2.75, 3.05) is 0 Å². The predicted molar refractivity (Wildman–Crippen MR) is 31.1 cm³/mol. The van der Waals surface area contributed by atoms with Crippen LogP contribution in [0.5, 0.6) is 0 Å². The van der Waals surface area contributed by atoms with Crippen LogP contribution in [0.3, 0.4) is 0 Å². The van der Waals surface area contributed by atoms with Crippen molar-refractivity contribution in [2.24, 2.45) is 0 Å². The topological polar surface area (TPSA) is 12.0 Å². The van der Waals surface area contributed by atoms with Gasteiger partial charge in [-0.25, -0.2) is 4.39 Å². The molecule has 0 saturated heterocycles. The van der Waals surface area contributed by atoms with Gasteiger partial charge in [-0.1, -0.05) is 11.6 Å². The third-order valence-electron chi connectivity index (χ3n) is 0.804. The molecule has 1 heterocycles. The van der Waals surface area contributed by atoms with E-state index < -0.39 is 6.30 Å². The van der Waals surface area contributed by atoms with Crippen molar-refractivity contribution in [1.29, 1.82) is 0 Å². The largest absolute Gasteiger partial charge is 0.359 e. The van der Waals surface area contributed by atoms with Crippen LogP contribution in [0.25, 0.3) is 0 Å². The van der Waals surface area contributed by atoms with E-state index in [0.29, 0.717) is 5.03 Å². The van der Waals surface area contributed by atoms with E-state index in [2.05, 4.69) is 5.32 Å². The third kappa shape index (κ3) is 1.23. The number of hydrogen-bond donors (Lipinski definition) is 1. The Morgan fingerprint density at radius 2 is 2.50 bits per heavy atom. The molecule has 1 aliphatic rings. The Kier molecular flexibility index (Phi) is 1.53. The lowest BCUT2D eigenvalue weighted by Gasteiger charge is -2.06. The van der Waals surface area contributed by atoms with Gasteiger partial charge in [0.25, 0.3) is 0 Å². The minimum Gasteiger partial charge on any atom is -0.359 e. The van der Waals surface area contributed by atoms with Crippen molar-refractivity contribution < 1.29 is 4.39 Å². The van der Waals surface area contributed by atoms with Crippen LogP contribution >= 0.6 is 11.6 Å². The van der Waals surface area contributed by atoms with Gasteiger partial charge in [-0.3, -0.25) is 0 Å². The molecule has 1 N–H and O–H groups in total.